The van der Waals surface area contributed by atoms with Gasteiger partial charge in [0, 0.05) is 13.7 Å². The molecule has 0 fully saturated rings. The van der Waals surface area contributed by atoms with Crippen LogP contribution >= 0.6 is 0 Å². The Hall–Kier alpha value is -0.120. The third-order valence-electron chi connectivity index (χ3n) is 2.38. The molecule has 0 aliphatic carbocycles. The maximum absolute atomic E-state index is 5.64. The standard InChI is InChI=1S/C11H25NO2/c1-11(2,10-12)6-4-5-7-14-9-8-13-3/h4-10,12H2,1-3H3. The van der Waals surface area contributed by atoms with Gasteiger partial charge in [-0.1, -0.05) is 20.3 Å². The number of methoxy groups -OCH3 is 1. The maximum Gasteiger partial charge on any atom is 0.0700 e. The predicted molar refractivity (Wildman–Crippen MR) is 59.4 cm³/mol. The van der Waals surface area contributed by atoms with E-state index in [0.717, 1.165) is 19.6 Å². The fourth-order valence-electron chi connectivity index (χ4n) is 1.15. The SMILES string of the molecule is COCCOCCCCC(C)(C)CN. The first kappa shape index (κ1) is 13.9. The Kier molecular flexibility index (Phi) is 8.14. The average molecular weight is 203 g/mol. The quantitative estimate of drug-likeness (QED) is 0.581. The highest BCUT2D eigenvalue weighted by atomic mass is 16.5. The van der Waals surface area contributed by atoms with E-state index in [4.69, 9.17) is 15.2 Å². The van der Waals surface area contributed by atoms with E-state index in [1.165, 1.54) is 12.8 Å². The van der Waals surface area contributed by atoms with Crippen molar-refractivity contribution in [3.05, 3.63) is 0 Å². The molecule has 0 heterocycles. The summed E-state index contributed by atoms with van der Waals surface area (Å²) in [5, 5.41) is 0. The van der Waals surface area contributed by atoms with Crippen molar-refractivity contribution in [2.75, 3.05) is 33.5 Å². The van der Waals surface area contributed by atoms with Crippen molar-refractivity contribution >= 4 is 0 Å². The number of rotatable bonds is 9. The summed E-state index contributed by atoms with van der Waals surface area (Å²) in [6.07, 6.45) is 3.49. The van der Waals surface area contributed by atoms with Gasteiger partial charge in [-0.3, -0.25) is 0 Å². The van der Waals surface area contributed by atoms with Crippen molar-refractivity contribution < 1.29 is 9.47 Å². The molecule has 0 atom stereocenters. The fourth-order valence-corrected chi connectivity index (χ4v) is 1.15. The highest BCUT2D eigenvalue weighted by Gasteiger charge is 2.13. The fraction of sp³-hybridized carbons (Fsp3) is 1.00. The van der Waals surface area contributed by atoms with Crippen LogP contribution in [0.15, 0.2) is 0 Å². The van der Waals surface area contributed by atoms with Gasteiger partial charge in [0.25, 0.3) is 0 Å². The average Bonchev–Trinajstić information content (AvgIpc) is 2.16. The molecule has 2 N–H and O–H groups in total. The minimum atomic E-state index is 0.284. The van der Waals surface area contributed by atoms with Crippen molar-refractivity contribution in [2.45, 2.75) is 33.1 Å². The van der Waals surface area contributed by atoms with Crippen LogP contribution in [0.3, 0.4) is 0 Å². The van der Waals surface area contributed by atoms with Crippen LogP contribution in [-0.2, 0) is 9.47 Å². The number of nitrogens with two attached hydrogens (primary N) is 1. The van der Waals surface area contributed by atoms with E-state index in [0.29, 0.717) is 13.2 Å². The predicted octanol–water partition coefficient (Wildman–Crippen LogP) is 1.80. The normalized spacial score (nSPS) is 12.0. The third kappa shape index (κ3) is 8.48. The zero-order valence-electron chi connectivity index (χ0n) is 9.84. The van der Waals surface area contributed by atoms with E-state index in [-0.39, 0.29) is 5.41 Å². The third-order valence-corrected chi connectivity index (χ3v) is 2.38. The van der Waals surface area contributed by atoms with Crippen LogP contribution in [0.1, 0.15) is 33.1 Å². The first-order chi connectivity index (χ1) is 6.62. The Labute approximate surface area is 88.0 Å². The lowest BCUT2D eigenvalue weighted by molar-refractivity contribution is 0.0676. The first-order valence-electron chi connectivity index (χ1n) is 5.39. The van der Waals surface area contributed by atoms with E-state index < -0.39 is 0 Å². The number of unbranched alkanes of at least 4 members (excludes halogenated alkanes) is 1. The summed E-state index contributed by atoms with van der Waals surface area (Å²) >= 11 is 0. The number of ether oxygens (including phenoxy) is 2. The molecule has 0 radical (unpaired) electrons. The van der Waals surface area contributed by atoms with E-state index in [1.54, 1.807) is 7.11 Å². The molecular weight excluding hydrogens is 178 g/mol. The molecule has 0 saturated heterocycles. The number of hydrogen-bond acceptors (Lipinski definition) is 3. The summed E-state index contributed by atoms with van der Waals surface area (Å²) in [6, 6.07) is 0. The van der Waals surface area contributed by atoms with Crippen molar-refractivity contribution in [3.8, 4) is 0 Å². The van der Waals surface area contributed by atoms with Gasteiger partial charge in [0.05, 0.1) is 13.2 Å². The highest BCUT2D eigenvalue weighted by molar-refractivity contribution is 4.68. The largest absolute Gasteiger partial charge is 0.382 e. The molecule has 0 rings (SSSR count). The van der Waals surface area contributed by atoms with Gasteiger partial charge in [0.1, 0.15) is 0 Å². The molecule has 0 unspecified atom stereocenters. The lowest BCUT2D eigenvalue weighted by Crippen LogP contribution is -2.23. The molecule has 0 aliphatic rings. The lowest BCUT2D eigenvalue weighted by atomic mass is 9.87. The van der Waals surface area contributed by atoms with Crippen LogP contribution in [-0.4, -0.2) is 33.5 Å². The van der Waals surface area contributed by atoms with E-state index in [1.807, 2.05) is 0 Å². The summed E-state index contributed by atoms with van der Waals surface area (Å²) in [4.78, 5) is 0. The van der Waals surface area contributed by atoms with Gasteiger partial charge in [-0.05, 0) is 24.8 Å². The van der Waals surface area contributed by atoms with Crippen molar-refractivity contribution in [3.63, 3.8) is 0 Å². The van der Waals surface area contributed by atoms with Gasteiger partial charge in [0.2, 0.25) is 0 Å². The molecule has 0 amide bonds. The maximum atomic E-state index is 5.64. The summed E-state index contributed by atoms with van der Waals surface area (Å²) in [6.45, 7) is 7.41. The summed E-state index contributed by atoms with van der Waals surface area (Å²) in [5.41, 5.74) is 5.92. The van der Waals surface area contributed by atoms with Crippen LogP contribution in [0.2, 0.25) is 0 Å². The molecule has 14 heavy (non-hydrogen) atoms. The Balaban J connectivity index is 3.13. The summed E-state index contributed by atoms with van der Waals surface area (Å²) in [7, 11) is 1.69. The Bertz CT molecular complexity index is 126. The molecule has 86 valence electrons. The second-order valence-corrected chi connectivity index (χ2v) is 4.43. The van der Waals surface area contributed by atoms with Crippen LogP contribution in [0.5, 0.6) is 0 Å². The van der Waals surface area contributed by atoms with Crippen LogP contribution in [0.25, 0.3) is 0 Å². The highest BCUT2D eigenvalue weighted by Crippen LogP contribution is 2.20. The topological polar surface area (TPSA) is 44.5 Å². The minimum Gasteiger partial charge on any atom is -0.382 e. The van der Waals surface area contributed by atoms with E-state index in [2.05, 4.69) is 13.8 Å². The number of hydrogen-bond donors (Lipinski definition) is 1. The molecule has 3 nitrogen and oxygen atoms in total. The molecule has 0 aliphatic heterocycles. The van der Waals surface area contributed by atoms with Gasteiger partial charge in [-0.25, -0.2) is 0 Å². The Morgan fingerprint density at radius 3 is 2.36 bits per heavy atom. The second-order valence-electron chi connectivity index (χ2n) is 4.43. The summed E-state index contributed by atoms with van der Waals surface area (Å²) in [5.74, 6) is 0. The first-order valence-corrected chi connectivity index (χ1v) is 5.39. The van der Waals surface area contributed by atoms with Gasteiger partial charge in [0.15, 0.2) is 0 Å². The zero-order chi connectivity index (χ0) is 10.9. The lowest BCUT2D eigenvalue weighted by Gasteiger charge is -2.21. The van der Waals surface area contributed by atoms with Gasteiger partial charge < -0.3 is 15.2 Å². The van der Waals surface area contributed by atoms with Crippen LogP contribution < -0.4 is 5.73 Å². The van der Waals surface area contributed by atoms with Crippen molar-refractivity contribution in [2.24, 2.45) is 11.1 Å². The molecule has 0 saturated carbocycles. The van der Waals surface area contributed by atoms with Crippen molar-refractivity contribution in [1.29, 1.82) is 0 Å². The second kappa shape index (κ2) is 8.21. The van der Waals surface area contributed by atoms with Crippen molar-refractivity contribution in [1.82, 2.24) is 0 Å². The monoisotopic (exact) mass is 203 g/mol. The molecular formula is C11H25NO2. The molecule has 0 aromatic heterocycles. The zero-order valence-corrected chi connectivity index (χ0v) is 9.84. The van der Waals surface area contributed by atoms with Gasteiger partial charge in [-0.2, -0.15) is 0 Å². The van der Waals surface area contributed by atoms with Gasteiger partial charge in [-0.15, -0.1) is 0 Å². The molecule has 0 aromatic rings. The smallest absolute Gasteiger partial charge is 0.0700 e. The summed E-state index contributed by atoms with van der Waals surface area (Å²) < 4.78 is 10.2. The van der Waals surface area contributed by atoms with E-state index >= 15 is 0 Å². The Morgan fingerprint density at radius 1 is 1.07 bits per heavy atom. The molecule has 0 bridgehead atoms. The van der Waals surface area contributed by atoms with Crippen LogP contribution in [0.4, 0.5) is 0 Å². The van der Waals surface area contributed by atoms with Crippen LogP contribution in [0, 0.1) is 5.41 Å². The molecule has 3 heteroatoms. The Morgan fingerprint density at radius 2 is 1.79 bits per heavy atom. The van der Waals surface area contributed by atoms with Gasteiger partial charge >= 0.3 is 0 Å². The molecule has 0 spiro atoms. The van der Waals surface area contributed by atoms with E-state index in [9.17, 15) is 0 Å². The minimum absolute atomic E-state index is 0.284. The molecule has 0 aromatic carbocycles.